The lowest BCUT2D eigenvalue weighted by Gasteiger charge is -2.28. The first-order valence-corrected chi connectivity index (χ1v) is 18.1. The monoisotopic (exact) mass is 787 g/mol. The number of primary amides is 1. The second-order valence-corrected chi connectivity index (χ2v) is 14.4. The van der Waals surface area contributed by atoms with E-state index in [-0.39, 0.29) is 24.7 Å². The van der Waals surface area contributed by atoms with Crippen molar-refractivity contribution in [3.63, 3.8) is 0 Å². The van der Waals surface area contributed by atoms with E-state index in [9.17, 15) is 58.5 Å². The molecule has 0 aromatic heterocycles. The first-order valence-electron chi connectivity index (χ1n) is 18.1. The van der Waals surface area contributed by atoms with Crippen LogP contribution in [0.1, 0.15) is 81.1 Å². The zero-order valence-electron chi connectivity index (χ0n) is 32.8. The number of hydrogen-bond donors (Lipinski definition) is 12. The van der Waals surface area contributed by atoms with Crippen molar-refractivity contribution in [2.75, 3.05) is 13.2 Å². The maximum Gasteiger partial charge on any atom is 0.326 e. The molecule has 0 aromatic rings. The average Bonchev–Trinajstić information content (AvgIpc) is 3.07. The van der Waals surface area contributed by atoms with Crippen molar-refractivity contribution in [3.05, 3.63) is 0 Å². The Hall–Kier alpha value is -4.89. The van der Waals surface area contributed by atoms with Gasteiger partial charge in [-0.25, -0.2) is 4.79 Å². The first-order chi connectivity index (χ1) is 25.4. The standard InChI is InChI=1S/C34H61N9O12/c1-9-17(6)26(34(54)55)42-33(53)27(19(8)45)43-32(52)23(14-44)41-30(50)21(11-16(4)5)39-31(51)22(12-24(36)46)40-29(49)20(10-15(2)3)38-25(47)13-37-28(48)18(7)35/h15-23,26-27,44-45H,9-14,35H2,1-8H3,(H2,36,46)(H,37,48)(H,38,47)(H,39,51)(H,40,49)(H,41,50)(H,42,53)(H,43,52)(H,54,55)/t17-,18-,19+,20-,21-,22-,23-,26-,27-/m0/s1. The molecule has 0 unspecified atom stereocenters. The van der Waals surface area contributed by atoms with Crippen molar-refractivity contribution < 1.29 is 58.5 Å². The van der Waals surface area contributed by atoms with E-state index in [1.165, 1.54) is 6.92 Å². The number of carbonyl (C=O) groups excluding carboxylic acids is 8. The smallest absolute Gasteiger partial charge is 0.326 e. The Morgan fingerprint density at radius 1 is 0.600 bits per heavy atom. The summed E-state index contributed by atoms with van der Waals surface area (Å²) in [6, 6.07) is -9.91. The van der Waals surface area contributed by atoms with Crippen LogP contribution >= 0.6 is 0 Å². The third-order valence-corrected chi connectivity index (χ3v) is 8.23. The molecule has 14 N–H and O–H groups in total. The number of rotatable bonds is 25. The van der Waals surface area contributed by atoms with Gasteiger partial charge in [-0.2, -0.15) is 0 Å². The molecule has 0 rings (SSSR count). The van der Waals surface area contributed by atoms with Crippen LogP contribution in [0.2, 0.25) is 0 Å². The van der Waals surface area contributed by atoms with E-state index in [0.29, 0.717) is 6.42 Å². The summed E-state index contributed by atoms with van der Waals surface area (Å²) in [5.41, 5.74) is 10.8. The Kier molecular flexibility index (Phi) is 22.3. The minimum absolute atomic E-state index is 0.0430. The third kappa shape index (κ3) is 18.8. The van der Waals surface area contributed by atoms with E-state index in [0.717, 1.165) is 6.92 Å². The quantitative estimate of drug-likeness (QED) is 0.0419. The van der Waals surface area contributed by atoms with Gasteiger partial charge in [0.1, 0.15) is 36.3 Å². The molecular weight excluding hydrogens is 726 g/mol. The summed E-state index contributed by atoms with van der Waals surface area (Å²) in [4.78, 5) is 114. The molecule has 0 aliphatic carbocycles. The highest BCUT2D eigenvalue weighted by atomic mass is 16.4. The molecule has 0 saturated carbocycles. The van der Waals surface area contributed by atoms with Crippen molar-refractivity contribution in [1.82, 2.24) is 37.2 Å². The van der Waals surface area contributed by atoms with Crippen molar-refractivity contribution in [3.8, 4) is 0 Å². The number of aliphatic carboxylic acids is 1. The number of nitrogens with one attached hydrogen (secondary N) is 7. The van der Waals surface area contributed by atoms with Gasteiger partial charge in [-0.15, -0.1) is 0 Å². The molecule has 314 valence electrons. The molecule has 0 radical (unpaired) electrons. The van der Waals surface area contributed by atoms with Gasteiger partial charge in [-0.1, -0.05) is 48.0 Å². The minimum Gasteiger partial charge on any atom is -0.480 e. The fourth-order valence-corrected chi connectivity index (χ4v) is 4.99. The highest BCUT2D eigenvalue weighted by Crippen LogP contribution is 2.11. The summed E-state index contributed by atoms with van der Waals surface area (Å²) in [5, 5.41) is 46.1. The lowest BCUT2D eigenvalue weighted by atomic mass is 9.98. The summed E-state index contributed by atoms with van der Waals surface area (Å²) in [5.74, 6) is -9.65. The van der Waals surface area contributed by atoms with E-state index < -0.39 is 127 Å². The van der Waals surface area contributed by atoms with E-state index in [1.54, 1.807) is 41.5 Å². The topological polar surface area (TPSA) is 351 Å². The van der Waals surface area contributed by atoms with E-state index in [4.69, 9.17) is 11.5 Å². The van der Waals surface area contributed by atoms with Gasteiger partial charge in [0.25, 0.3) is 0 Å². The average molecular weight is 788 g/mol. The van der Waals surface area contributed by atoms with Gasteiger partial charge in [-0.05, 0) is 44.4 Å². The van der Waals surface area contributed by atoms with Gasteiger partial charge in [0.15, 0.2) is 0 Å². The largest absolute Gasteiger partial charge is 0.480 e. The van der Waals surface area contributed by atoms with E-state index in [2.05, 4.69) is 37.2 Å². The summed E-state index contributed by atoms with van der Waals surface area (Å²) in [6.45, 7) is 11.3. The second-order valence-electron chi connectivity index (χ2n) is 14.4. The van der Waals surface area contributed by atoms with Gasteiger partial charge in [0, 0.05) is 0 Å². The van der Waals surface area contributed by atoms with Crippen LogP contribution in [0.5, 0.6) is 0 Å². The Bertz CT molecular complexity index is 1360. The van der Waals surface area contributed by atoms with Crippen LogP contribution in [0.15, 0.2) is 0 Å². The maximum absolute atomic E-state index is 13.5. The van der Waals surface area contributed by atoms with Crippen LogP contribution < -0.4 is 48.7 Å². The minimum atomic E-state index is -1.72. The molecule has 0 aliphatic rings. The highest BCUT2D eigenvalue weighted by molar-refractivity contribution is 5.98. The molecule has 0 aromatic carbocycles. The maximum atomic E-state index is 13.5. The van der Waals surface area contributed by atoms with E-state index >= 15 is 0 Å². The van der Waals surface area contributed by atoms with Crippen molar-refractivity contribution in [2.45, 2.75) is 129 Å². The van der Waals surface area contributed by atoms with Crippen molar-refractivity contribution in [1.29, 1.82) is 0 Å². The van der Waals surface area contributed by atoms with Crippen LogP contribution in [0.4, 0.5) is 0 Å². The van der Waals surface area contributed by atoms with Crippen molar-refractivity contribution >= 4 is 53.2 Å². The fourth-order valence-electron chi connectivity index (χ4n) is 4.99. The molecule has 0 saturated heterocycles. The molecular formula is C34H61N9O12. The fraction of sp³-hybridized carbons (Fsp3) is 0.735. The van der Waals surface area contributed by atoms with Crippen molar-refractivity contribution in [2.24, 2.45) is 29.2 Å². The molecule has 9 atom stereocenters. The van der Waals surface area contributed by atoms with Crippen LogP contribution in [0.3, 0.4) is 0 Å². The summed E-state index contributed by atoms with van der Waals surface area (Å²) in [7, 11) is 0. The zero-order chi connectivity index (χ0) is 42.7. The molecule has 0 bridgehead atoms. The summed E-state index contributed by atoms with van der Waals surface area (Å²) >= 11 is 0. The van der Waals surface area contributed by atoms with Crippen LogP contribution in [0, 0.1) is 17.8 Å². The lowest BCUT2D eigenvalue weighted by Crippen LogP contribution is -2.62. The van der Waals surface area contributed by atoms with Crippen LogP contribution in [-0.4, -0.2) is 130 Å². The van der Waals surface area contributed by atoms with Gasteiger partial charge < -0.3 is 64.0 Å². The number of carboxylic acids is 1. The summed E-state index contributed by atoms with van der Waals surface area (Å²) < 4.78 is 0. The molecule has 0 aliphatic heterocycles. The number of carbonyl (C=O) groups is 9. The lowest BCUT2D eigenvalue weighted by molar-refractivity contribution is -0.144. The third-order valence-electron chi connectivity index (χ3n) is 8.23. The Balaban J connectivity index is 6.08. The SMILES string of the molecule is CC[C@H](C)[C@H](NC(=O)[C@@H](NC(=O)[C@H](CO)NC(=O)[C@H](CC(C)C)NC(=O)[C@H](CC(N)=O)NC(=O)[C@H](CC(C)C)NC(=O)CNC(=O)[C@H](C)N)[C@@H](C)O)C(=O)O. The highest BCUT2D eigenvalue weighted by Gasteiger charge is 2.36. The number of amides is 8. The summed E-state index contributed by atoms with van der Waals surface area (Å²) in [6.07, 6.45) is -1.82. The van der Waals surface area contributed by atoms with Crippen LogP contribution in [0.25, 0.3) is 0 Å². The van der Waals surface area contributed by atoms with Gasteiger partial charge in [-0.3, -0.25) is 38.4 Å². The number of aliphatic hydroxyl groups excluding tert-OH is 2. The van der Waals surface area contributed by atoms with E-state index in [1.807, 2.05) is 0 Å². The van der Waals surface area contributed by atoms with Crippen LogP contribution in [-0.2, 0) is 43.2 Å². The molecule has 0 fully saturated rings. The molecule has 0 heterocycles. The molecule has 55 heavy (non-hydrogen) atoms. The predicted molar refractivity (Wildman–Crippen MR) is 197 cm³/mol. The predicted octanol–water partition coefficient (Wildman–Crippen LogP) is -4.17. The number of carboxylic acid groups (broad SMARTS) is 1. The first kappa shape index (κ1) is 50.1. The number of hydrogen-bond acceptors (Lipinski definition) is 12. The number of aliphatic hydroxyl groups is 2. The molecule has 21 heteroatoms. The molecule has 8 amide bonds. The Morgan fingerprint density at radius 3 is 1.45 bits per heavy atom. The zero-order valence-corrected chi connectivity index (χ0v) is 32.8. The van der Waals surface area contributed by atoms with Gasteiger partial charge in [0.2, 0.25) is 47.3 Å². The Morgan fingerprint density at radius 2 is 1.04 bits per heavy atom. The number of nitrogens with two attached hydrogens (primary N) is 2. The van der Waals surface area contributed by atoms with Gasteiger partial charge in [0.05, 0.1) is 31.7 Å². The Labute approximate surface area is 320 Å². The normalized spacial score (nSPS) is 16.1. The molecule has 0 spiro atoms. The second kappa shape index (κ2) is 24.5. The molecule has 21 nitrogen and oxygen atoms in total. The van der Waals surface area contributed by atoms with Gasteiger partial charge >= 0.3 is 5.97 Å².